The van der Waals surface area contributed by atoms with Gasteiger partial charge in [0, 0.05) is 24.2 Å². The van der Waals surface area contributed by atoms with E-state index in [-0.39, 0.29) is 6.42 Å². The number of carbonyl (C=O) groups is 2. The molecule has 3 N–H and O–H groups in total. The lowest BCUT2D eigenvalue weighted by atomic mass is 10.1. The number of carboxylic acids is 1. The van der Waals surface area contributed by atoms with Crippen LogP contribution >= 0.6 is 0 Å². The number of anilines is 2. The Morgan fingerprint density at radius 1 is 1.11 bits per heavy atom. The number of carbonyl (C=O) groups excluding carboxylic acids is 1. The van der Waals surface area contributed by atoms with Crippen LogP contribution in [0.2, 0.25) is 0 Å². The van der Waals surface area contributed by atoms with Crippen LogP contribution < -0.4 is 24.8 Å². The van der Waals surface area contributed by atoms with Gasteiger partial charge >= 0.3 is 12.0 Å². The summed E-state index contributed by atoms with van der Waals surface area (Å²) < 4.78 is 16.7. The van der Waals surface area contributed by atoms with Crippen molar-refractivity contribution in [3.05, 3.63) is 42.0 Å². The number of benzene rings is 2. The molecule has 148 valence electrons. The normalized spacial score (nSPS) is 12.2. The maximum absolute atomic E-state index is 12.4. The molecule has 0 radical (unpaired) electrons. The summed E-state index contributed by atoms with van der Waals surface area (Å²) in [7, 11) is 0. The topological polar surface area (TPSA) is 106 Å². The van der Waals surface area contributed by atoms with Gasteiger partial charge in [-0.15, -0.1) is 0 Å². The van der Waals surface area contributed by atoms with Crippen LogP contribution in [0, 0.1) is 0 Å². The van der Waals surface area contributed by atoms with Crippen molar-refractivity contribution >= 4 is 23.4 Å². The van der Waals surface area contributed by atoms with E-state index in [2.05, 4.69) is 10.6 Å². The molecule has 0 spiro atoms. The molecule has 8 nitrogen and oxygen atoms in total. The Morgan fingerprint density at radius 2 is 1.86 bits per heavy atom. The van der Waals surface area contributed by atoms with Gasteiger partial charge in [-0.25, -0.2) is 4.79 Å². The predicted octanol–water partition coefficient (Wildman–Crippen LogP) is 3.52. The number of hydrogen-bond acceptors (Lipinski definition) is 5. The van der Waals surface area contributed by atoms with Gasteiger partial charge in [-0.3, -0.25) is 4.79 Å². The molecule has 2 aromatic rings. The van der Waals surface area contributed by atoms with Crippen LogP contribution in [0.5, 0.6) is 17.2 Å². The molecule has 8 heteroatoms. The van der Waals surface area contributed by atoms with E-state index in [0.717, 1.165) is 5.56 Å². The largest absolute Gasteiger partial charge is 0.492 e. The fourth-order valence-electron chi connectivity index (χ4n) is 2.78. The van der Waals surface area contributed by atoms with E-state index in [9.17, 15) is 9.59 Å². The number of carboxylic acid groups (broad SMARTS) is 1. The number of rotatable bonds is 7. The Kier molecular flexibility index (Phi) is 6.21. The minimum absolute atomic E-state index is 0.0323. The number of urea groups is 1. The summed E-state index contributed by atoms with van der Waals surface area (Å²) in [6, 6.07) is 9.98. The molecule has 0 unspecified atom stereocenters. The number of fused-ring (bicyclic) bond motifs is 1. The van der Waals surface area contributed by atoms with Crippen LogP contribution in [0.15, 0.2) is 36.4 Å². The first-order chi connectivity index (χ1) is 13.5. The van der Waals surface area contributed by atoms with Gasteiger partial charge in [-0.1, -0.05) is 12.1 Å². The van der Waals surface area contributed by atoms with Crippen LogP contribution in [0.1, 0.15) is 18.9 Å². The van der Waals surface area contributed by atoms with Gasteiger partial charge in [0.25, 0.3) is 0 Å². The molecule has 1 aliphatic rings. The van der Waals surface area contributed by atoms with Crippen molar-refractivity contribution < 1.29 is 28.9 Å². The first-order valence-electron chi connectivity index (χ1n) is 9.00. The monoisotopic (exact) mass is 386 g/mol. The third-order valence-corrected chi connectivity index (χ3v) is 4.00. The maximum atomic E-state index is 12.4. The molecule has 0 saturated carbocycles. The molecule has 2 amide bonds. The zero-order valence-corrected chi connectivity index (χ0v) is 15.5. The number of nitrogens with one attached hydrogen (secondary N) is 2. The van der Waals surface area contributed by atoms with Gasteiger partial charge in [0.05, 0.1) is 12.3 Å². The Bertz CT molecular complexity index is 868. The van der Waals surface area contributed by atoms with Crippen molar-refractivity contribution in [1.29, 1.82) is 0 Å². The summed E-state index contributed by atoms with van der Waals surface area (Å²) in [5.41, 5.74) is 1.86. The van der Waals surface area contributed by atoms with Crippen LogP contribution in [0.3, 0.4) is 0 Å². The van der Waals surface area contributed by atoms with Crippen molar-refractivity contribution in [1.82, 2.24) is 0 Å². The number of aryl methyl sites for hydroxylation is 1. The lowest BCUT2D eigenvalue weighted by molar-refractivity contribution is -0.136. The molecular weight excluding hydrogens is 364 g/mol. The molecule has 2 aromatic carbocycles. The van der Waals surface area contributed by atoms with Gasteiger partial charge in [0.1, 0.15) is 19.0 Å². The fourth-order valence-corrected chi connectivity index (χ4v) is 2.78. The second-order valence-electron chi connectivity index (χ2n) is 6.10. The summed E-state index contributed by atoms with van der Waals surface area (Å²) in [5.74, 6) is 0.739. The van der Waals surface area contributed by atoms with E-state index in [1.54, 1.807) is 30.3 Å². The summed E-state index contributed by atoms with van der Waals surface area (Å²) >= 11 is 0. The highest BCUT2D eigenvalue weighted by Gasteiger charge is 2.18. The molecule has 0 atom stereocenters. The molecule has 28 heavy (non-hydrogen) atoms. The molecule has 0 saturated heterocycles. The lowest BCUT2D eigenvalue weighted by Gasteiger charge is -2.21. The standard InChI is InChI=1S/C20H22N2O6/c1-2-26-16-12-18-17(27-8-9-28-18)11-15(16)22-20(25)21-14-5-3-4-13(10-14)6-7-19(23)24/h3-5,10-12H,2,6-9H2,1H3,(H,23,24)(H2,21,22,25). The van der Waals surface area contributed by atoms with E-state index in [1.165, 1.54) is 0 Å². The average Bonchev–Trinajstić information content (AvgIpc) is 2.67. The molecule has 1 heterocycles. The Balaban J connectivity index is 1.70. The Hall–Kier alpha value is -3.42. The number of amides is 2. The summed E-state index contributed by atoms with van der Waals surface area (Å²) in [4.78, 5) is 23.2. The lowest BCUT2D eigenvalue weighted by Crippen LogP contribution is -2.21. The molecule has 0 aliphatic carbocycles. The SMILES string of the molecule is CCOc1cc2c(cc1NC(=O)Nc1cccc(CCC(=O)O)c1)OCCO2. The molecule has 0 aromatic heterocycles. The molecular formula is C20H22N2O6. The van der Waals surface area contributed by atoms with E-state index >= 15 is 0 Å². The summed E-state index contributed by atoms with van der Waals surface area (Å²) in [6.45, 7) is 3.19. The first kappa shape index (κ1) is 19.3. The minimum Gasteiger partial charge on any atom is -0.492 e. The van der Waals surface area contributed by atoms with Crippen molar-refractivity contribution in [3.8, 4) is 17.2 Å². The van der Waals surface area contributed by atoms with Crippen molar-refractivity contribution in [2.75, 3.05) is 30.5 Å². The van der Waals surface area contributed by atoms with Gasteiger partial charge in [-0.2, -0.15) is 0 Å². The van der Waals surface area contributed by atoms with Crippen molar-refractivity contribution in [2.45, 2.75) is 19.8 Å². The number of aliphatic carboxylic acids is 1. The van der Waals surface area contributed by atoms with E-state index in [4.69, 9.17) is 19.3 Å². The van der Waals surface area contributed by atoms with Crippen molar-refractivity contribution in [3.63, 3.8) is 0 Å². The predicted molar refractivity (Wildman–Crippen MR) is 104 cm³/mol. The second kappa shape index (κ2) is 8.98. The number of hydrogen-bond donors (Lipinski definition) is 3. The zero-order valence-electron chi connectivity index (χ0n) is 15.5. The maximum Gasteiger partial charge on any atom is 0.323 e. The van der Waals surface area contributed by atoms with Gasteiger partial charge < -0.3 is 30.0 Å². The van der Waals surface area contributed by atoms with E-state index < -0.39 is 12.0 Å². The summed E-state index contributed by atoms with van der Waals surface area (Å²) in [6.07, 6.45) is 0.424. The van der Waals surface area contributed by atoms with Crippen LogP contribution in [-0.4, -0.2) is 36.9 Å². The number of ether oxygens (including phenoxy) is 3. The Morgan fingerprint density at radius 3 is 2.57 bits per heavy atom. The van der Waals surface area contributed by atoms with Crippen LogP contribution in [0.4, 0.5) is 16.2 Å². The highest BCUT2D eigenvalue weighted by molar-refractivity contribution is 6.01. The summed E-state index contributed by atoms with van der Waals surface area (Å²) in [5, 5.41) is 14.3. The average molecular weight is 386 g/mol. The molecule has 1 aliphatic heterocycles. The van der Waals surface area contributed by atoms with Crippen LogP contribution in [0.25, 0.3) is 0 Å². The third-order valence-electron chi connectivity index (χ3n) is 4.00. The highest BCUT2D eigenvalue weighted by atomic mass is 16.6. The second-order valence-corrected chi connectivity index (χ2v) is 6.10. The Labute approximate surface area is 162 Å². The van der Waals surface area contributed by atoms with E-state index in [0.29, 0.717) is 54.9 Å². The molecule has 3 rings (SSSR count). The first-order valence-corrected chi connectivity index (χ1v) is 9.00. The fraction of sp³-hybridized carbons (Fsp3) is 0.300. The third kappa shape index (κ3) is 5.06. The quantitative estimate of drug-likeness (QED) is 0.672. The molecule has 0 bridgehead atoms. The van der Waals surface area contributed by atoms with Gasteiger partial charge in [0.2, 0.25) is 0 Å². The van der Waals surface area contributed by atoms with E-state index in [1.807, 2.05) is 13.0 Å². The smallest absolute Gasteiger partial charge is 0.323 e. The highest BCUT2D eigenvalue weighted by Crippen LogP contribution is 2.39. The van der Waals surface area contributed by atoms with Gasteiger partial charge in [-0.05, 0) is 31.0 Å². The minimum atomic E-state index is -0.863. The zero-order chi connectivity index (χ0) is 19.9. The van der Waals surface area contributed by atoms with Crippen molar-refractivity contribution in [2.24, 2.45) is 0 Å². The van der Waals surface area contributed by atoms with Gasteiger partial charge in [0.15, 0.2) is 11.5 Å². The van der Waals surface area contributed by atoms with Crippen LogP contribution in [-0.2, 0) is 11.2 Å². The molecule has 0 fully saturated rings.